The Morgan fingerprint density at radius 3 is 2.73 bits per heavy atom. The van der Waals surface area contributed by atoms with E-state index in [2.05, 4.69) is 25.8 Å². The quantitative estimate of drug-likeness (QED) is 0.797. The van der Waals surface area contributed by atoms with E-state index in [0.29, 0.717) is 11.4 Å². The van der Waals surface area contributed by atoms with Gasteiger partial charge in [-0.1, -0.05) is 0 Å². The highest BCUT2D eigenvalue weighted by molar-refractivity contribution is 6.04. The number of rotatable bonds is 3. The number of amides is 1. The van der Waals surface area contributed by atoms with Crippen molar-refractivity contribution in [3.8, 4) is 5.69 Å². The number of carbonyl (C=O) groups excluding carboxylic acids is 1. The van der Waals surface area contributed by atoms with Gasteiger partial charge in [0.1, 0.15) is 12.1 Å². The molecule has 3 rings (SSSR count). The molecule has 1 aromatic carbocycles. The highest BCUT2D eigenvalue weighted by Crippen LogP contribution is 2.15. The summed E-state index contributed by atoms with van der Waals surface area (Å²) in [6, 6.07) is 9.03. The molecule has 0 unspecified atom stereocenters. The summed E-state index contributed by atoms with van der Waals surface area (Å²) in [7, 11) is 0. The normalized spacial score (nSPS) is 10.5. The summed E-state index contributed by atoms with van der Waals surface area (Å²) in [6.07, 6.45) is 3.18. The van der Waals surface area contributed by atoms with E-state index in [1.54, 1.807) is 23.0 Å². The zero-order chi connectivity index (χ0) is 15.5. The molecule has 7 heteroatoms. The lowest BCUT2D eigenvalue weighted by atomic mass is 10.1. The zero-order valence-corrected chi connectivity index (χ0v) is 12.2. The van der Waals surface area contributed by atoms with Gasteiger partial charge in [0, 0.05) is 11.8 Å². The second-order valence-corrected chi connectivity index (χ2v) is 4.93. The second kappa shape index (κ2) is 5.72. The lowest BCUT2D eigenvalue weighted by Crippen LogP contribution is -2.13. The molecule has 3 aromatic rings. The van der Waals surface area contributed by atoms with Gasteiger partial charge in [-0.15, -0.1) is 5.10 Å². The standard InChI is InChI=1S/C15H14N6O/c1-10-5-6-16-14(7-10)18-15(22)12-3-4-13(11(2)8-12)21-9-17-19-20-21/h3-9H,1-2H3,(H,16,18,22). The van der Waals surface area contributed by atoms with Crippen molar-refractivity contribution in [2.75, 3.05) is 5.32 Å². The van der Waals surface area contributed by atoms with Crippen molar-refractivity contribution in [2.45, 2.75) is 13.8 Å². The molecule has 1 N–H and O–H groups in total. The van der Waals surface area contributed by atoms with Gasteiger partial charge in [-0.2, -0.15) is 0 Å². The Labute approximate surface area is 127 Å². The van der Waals surface area contributed by atoms with Crippen molar-refractivity contribution in [1.82, 2.24) is 25.2 Å². The minimum atomic E-state index is -0.204. The maximum Gasteiger partial charge on any atom is 0.256 e. The van der Waals surface area contributed by atoms with Crippen LogP contribution in [0.25, 0.3) is 5.69 Å². The molecule has 1 amide bonds. The molecule has 0 aliphatic rings. The molecule has 0 atom stereocenters. The molecule has 0 spiro atoms. The van der Waals surface area contributed by atoms with Gasteiger partial charge in [0.15, 0.2) is 0 Å². The summed E-state index contributed by atoms with van der Waals surface area (Å²) in [5.74, 6) is 0.330. The topological polar surface area (TPSA) is 85.6 Å². The summed E-state index contributed by atoms with van der Waals surface area (Å²) in [6.45, 7) is 3.85. The SMILES string of the molecule is Cc1ccnc(NC(=O)c2ccc(-n3cnnn3)c(C)c2)c1. The molecule has 0 bridgehead atoms. The Morgan fingerprint density at radius 2 is 2.05 bits per heavy atom. The van der Waals surface area contributed by atoms with Crippen LogP contribution in [0.1, 0.15) is 21.5 Å². The van der Waals surface area contributed by atoms with Crippen molar-refractivity contribution in [3.63, 3.8) is 0 Å². The fourth-order valence-corrected chi connectivity index (χ4v) is 2.12. The van der Waals surface area contributed by atoms with Gasteiger partial charge in [-0.05, 0) is 65.7 Å². The largest absolute Gasteiger partial charge is 0.307 e. The van der Waals surface area contributed by atoms with Crippen LogP contribution in [0.15, 0.2) is 42.9 Å². The van der Waals surface area contributed by atoms with Crippen LogP contribution in [0.3, 0.4) is 0 Å². The number of hydrogen-bond donors (Lipinski definition) is 1. The molecule has 0 saturated carbocycles. The first-order chi connectivity index (χ1) is 10.6. The third-order valence-electron chi connectivity index (χ3n) is 3.21. The molecule has 110 valence electrons. The first-order valence-corrected chi connectivity index (χ1v) is 6.71. The Balaban J connectivity index is 1.83. The molecule has 0 fully saturated rings. The van der Waals surface area contributed by atoms with Gasteiger partial charge in [0.25, 0.3) is 5.91 Å². The Kier molecular flexibility index (Phi) is 3.61. The van der Waals surface area contributed by atoms with Gasteiger partial charge in [-0.3, -0.25) is 4.79 Å². The van der Waals surface area contributed by atoms with E-state index in [0.717, 1.165) is 16.8 Å². The van der Waals surface area contributed by atoms with E-state index < -0.39 is 0 Å². The minimum absolute atomic E-state index is 0.204. The van der Waals surface area contributed by atoms with Crippen molar-refractivity contribution >= 4 is 11.7 Å². The first-order valence-electron chi connectivity index (χ1n) is 6.71. The van der Waals surface area contributed by atoms with Crippen LogP contribution < -0.4 is 5.32 Å². The molecule has 2 heterocycles. The van der Waals surface area contributed by atoms with Gasteiger partial charge in [0.2, 0.25) is 0 Å². The minimum Gasteiger partial charge on any atom is -0.307 e. The molecule has 0 aliphatic carbocycles. The van der Waals surface area contributed by atoms with Crippen LogP contribution in [0.2, 0.25) is 0 Å². The maximum absolute atomic E-state index is 12.3. The van der Waals surface area contributed by atoms with Crippen molar-refractivity contribution in [3.05, 3.63) is 59.5 Å². The molecule has 0 aliphatic heterocycles. The third-order valence-corrected chi connectivity index (χ3v) is 3.21. The Hall–Kier alpha value is -3.09. The predicted octanol–water partition coefficient (Wildman–Crippen LogP) is 1.93. The second-order valence-electron chi connectivity index (χ2n) is 4.93. The molecule has 2 aromatic heterocycles. The van der Waals surface area contributed by atoms with E-state index in [4.69, 9.17) is 0 Å². The lowest BCUT2D eigenvalue weighted by Gasteiger charge is -2.08. The number of tetrazole rings is 1. The van der Waals surface area contributed by atoms with Gasteiger partial charge in [0.05, 0.1) is 5.69 Å². The highest BCUT2D eigenvalue weighted by atomic mass is 16.1. The fraction of sp³-hybridized carbons (Fsp3) is 0.133. The third kappa shape index (κ3) is 2.83. The number of anilines is 1. The fourth-order valence-electron chi connectivity index (χ4n) is 2.12. The molecule has 22 heavy (non-hydrogen) atoms. The Morgan fingerprint density at radius 1 is 1.18 bits per heavy atom. The number of nitrogens with one attached hydrogen (secondary N) is 1. The van der Waals surface area contributed by atoms with E-state index in [9.17, 15) is 4.79 Å². The number of hydrogen-bond acceptors (Lipinski definition) is 5. The van der Waals surface area contributed by atoms with Crippen molar-refractivity contribution in [2.24, 2.45) is 0 Å². The van der Waals surface area contributed by atoms with Gasteiger partial charge >= 0.3 is 0 Å². The predicted molar refractivity (Wildman–Crippen MR) is 80.8 cm³/mol. The number of nitrogens with zero attached hydrogens (tertiary/aromatic N) is 5. The van der Waals surface area contributed by atoms with E-state index >= 15 is 0 Å². The monoisotopic (exact) mass is 294 g/mol. The molecule has 0 radical (unpaired) electrons. The zero-order valence-electron chi connectivity index (χ0n) is 12.2. The summed E-state index contributed by atoms with van der Waals surface area (Å²) >= 11 is 0. The van der Waals surface area contributed by atoms with Crippen LogP contribution in [-0.2, 0) is 0 Å². The van der Waals surface area contributed by atoms with Crippen LogP contribution in [-0.4, -0.2) is 31.1 Å². The number of pyridine rings is 1. The first kappa shape index (κ1) is 13.9. The molecule has 0 saturated heterocycles. The number of carbonyl (C=O) groups is 1. The average Bonchev–Trinajstić information content (AvgIpc) is 3.01. The van der Waals surface area contributed by atoms with E-state index in [1.807, 2.05) is 32.0 Å². The van der Waals surface area contributed by atoms with Gasteiger partial charge < -0.3 is 5.32 Å². The van der Waals surface area contributed by atoms with Crippen molar-refractivity contribution < 1.29 is 4.79 Å². The van der Waals surface area contributed by atoms with Gasteiger partial charge in [-0.25, -0.2) is 9.67 Å². The van der Waals surface area contributed by atoms with Crippen LogP contribution in [0, 0.1) is 13.8 Å². The highest BCUT2D eigenvalue weighted by Gasteiger charge is 2.10. The van der Waals surface area contributed by atoms with Crippen molar-refractivity contribution in [1.29, 1.82) is 0 Å². The molecular formula is C15H14N6O. The number of benzene rings is 1. The average molecular weight is 294 g/mol. The van der Waals surface area contributed by atoms with Crippen LogP contribution >= 0.6 is 0 Å². The summed E-state index contributed by atoms with van der Waals surface area (Å²) in [5.41, 5.74) is 3.32. The summed E-state index contributed by atoms with van der Waals surface area (Å²) in [5, 5.41) is 13.8. The van der Waals surface area contributed by atoms with E-state index in [-0.39, 0.29) is 5.91 Å². The summed E-state index contributed by atoms with van der Waals surface area (Å²) in [4.78, 5) is 16.4. The van der Waals surface area contributed by atoms with Crippen LogP contribution in [0.5, 0.6) is 0 Å². The summed E-state index contributed by atoms with van der Waals surface area (Å²) < 4.78 is 1.55. The Bertz CT molecular complexity index is 813. The smallest absolute Gasteiger partial charge is 0.256 e. The van der Waals surface area contributed by atoms with E-state index in [1.165, 1.54) is 6.33 Å². The number of aryl methyl sites for hydroxylation is 2. The number of aromatic nitrogens is 5. The molecular weight excluding hydrogens is 280 g/mol. The molecule has 7 nitrogen and oxygen atoms in total. The lowest BCUT2D eigenvalue weighted by molar-refractivity contribution is 0.102. The maximum atomic E-state index is 12.3. The van der Waals surface area contributed by atoms with Crippen LogP contribution in [0.4, 0.5) is 5.82 Å².